The summed E-state index contributed by atoms with van der Waals surface area (Å²) in [6.45, 7) is 11.6. The number of hydrogen-bond acceptors (Lipinski definition) is 1. The van der Waals surface area contributed by atoms with Gasteiger partial charge < -0.3 is 0 Å². The molecule has 76 valence electrons. The smallest absolute Gasteiger partial charge is 0.0347 e. The Morgan fingerprint density at radius 1 is 1.14 bits per heavy atom. The van der Waals surface area contributed by atoms with Crippen molar-refractivity contribution in [2.45, 2.75) is 27.7 Å². The molecule has 1 aliphatic rings. The predicted octanol–water partition coefficient (Wildman–Crippen LogP) is 2.24. The van der Waals surface area contributed by atoms with Crippen LogP contribution in [0.3, 0.4) is 0 Å². The third-order valence-electron chi connectivity index (χ3n) is 1.56. The molecule has 1 nitrogen and oxygen atoms in total. The van der Waals surface area contributed by atoms with E-state index < -0.39 is 0 Å². The molecule has 1 heteroatoms. The fraction of sp³-hybridized carbons (Fsp3) is 0.308. The third kappa shape index (κ3) is 3.17. The van der Waals surface area contributed by atoms with Gasteiger partial charge in [-0.2, -0.15) is 0 Å². The quantitative estimate of drug-likeness (QED) is 0.670. The first-order valence-electron chi connectivity index (χ1n) is 5.20. The van der Waals surface area contributed by atoms with Gasteiger partial charge >= 0.3 is 0 Å². The lowest BCUT2D eigenvalue weighted by molar-refractivity contribution is 1.30. The van der Waals surface area contributed by atoms with E-state index in [-0.39, 0.29) is 0 Å². The molecule has 0 aromatic carbocycles. The van der Waals surface area contributed by atoms with E-state index in [2.05, 4.69) is 17.6 Å². The molecule has 0 unspecified atom stereocenters. The van der Waals surface area contributed by atoms with Crippen LogP contribution in [0.4, 0.5) is 0 Å². The fourth-order valence-electron chi connectivity index (χ4n) is 1.00. The number of nitrogens with zero attached hydrogens (tertiary/aromatic N) is 1. The van der Waals surface area contributed by atoms with Crippen molar-refractivity contribution in [1.82, 2.24) is 4.98 Å². The van der Waals surface area contributed by atoms with E-state index >= 15 is 0 Å². The number of fused-ring (bicyclic) bond motifs is 1. The molecule has 1 aromatic rings. The largest absolute Gasteiger partial charge is 0.263 e. The average Bonchev–Trinajstić information content (AvgIpc) is 3.04. The number of pyridine rings is 1. The molecule has 14 heavy (non-hydrogen) atoms. The van der Waals surface area contributed by atoms with Crippen molar-refractivity contribution < 1.29 is 0 Å². The van der Waals surface area contributed by atoms with E-state index in [1.54, 1.807) is 6.08 Å². The second-order valence-corrected chi connectivity index (χ2v) is 2.28. The molecular weight excluding hydrogens is 170 g/mol. The van der Waals surface area contributed by atoms with Crippen LogP contribution < -0.4 is 10.4 Å². The number of aromatic nitrogens is 1. The monoisotopic (exact) mass is 189 g/mol. The van der Waals surface area contributed by atoms with Gasteiger partial charge in [0, 0.05) is 23.2 Å². The van der Waals surface area contributed by atoms with Crippen LogP contribution in [0.1, 0.15) is 33.3 Å². The predicted molar refractivity (Wildman–Crippen MR) is 64.4 cm³/mol. The Bertz CT molecular complexity index is 388. The molecule has 1 aliphatic carbocycles. The minimum atomic E-state index is 1.17. The van der Waals surface area contributed by atoms with Crippen molar-refractivity contribution in [1.29, 1.82) is 0 Å². The molecule has 2 rings (SSSR count). The van der Waals surface area contributed by atoms with E-state index in [4.69, 9.17) is 0 Å². The maximum atomic E-state index is 4.04. The number of allylic oxidation sites excluding steroid dienone is 1. The molecule has 0 saturated carbocycles. The maximum Gasteiger partial charge on any atom is 0.0347 e. The summed E-state index contributed by atoms with van der Waals surface area (Å²) in [5, 5.41) is 2.49. The third-order valence-corrected chi connectivity index (χ3v) is 1.56. The first-order chi connectivity index (χ1) is 6.92. The van der Waals surface area contributed by atoms with Crippen LogP contribution in [-0.2, 0) is 0 Å². The van der Waals surface area contributed by atoms with Gasteiger partial charge in [-0.05, 0) is 11.3 Å². The Hall–Kier alpha value is -1.37. The second kappa shape index (κ2) is 7.07. The Balaban J connectivity index is 0.000000379. The molecule has 0 spiro atoms. The molecule has 0 aliphatic heterocycles. The molecule has 1 heterocycles. The van der Waals surface area contributed by atoms with Gasteiger partial charge in [0.2, 0.25) is 0 Å². The Labute approximate surface area is 86.5 Å². The summed E-state index contributed by atoms with van der Waals surface area (Å²) in [5.74, 6) is 0. The van der Waals surface area contributed by atoms with E-state index in [1.807, 2.05) is 46.2 Å². The van der Waals surface area contributed by atoms with Crippen molar-refractivity contribution >= 4 is 12.2 Å². The van der Waals surface area contributed by atoms with Crippen molar-refractivity contribution in [3.8, 4) is 0 Å². The summed E-state index contributed by atoms with van der Waals surface area (Å²) in [6.07, 6.45) is 9.58. The zero-order valence-corrected chi connectivity index (χ0v) is 9.54. The van der Waals surface area contributed by atoms with Crippen LogP contribution >= 0.6 is 0 Å². The molecule has 1 aromatic heterocycles. The van der Waals surface area contributed by atoms with Crippen LogP contribution in [0.25, 0.3) is 12.2 Å². The van der Waals surface area contributed by atoms with Crippen LogP contribution in [0, 0.1) is 0 Å². The van der Waals surface area contributed by atoms with E-state index in [0.717, 1.165) is 0 Å². The molecule has 0 atom stereocenters. The van der Waals surface area contributed by atoms with Crippen molar-refractivity contribution in [2.24, 2.45) is 0 Å². The van der Waals surface area contributed by atoms with Gasteiger partial charge in [-0.25, -0.2) is 0 Å². The number of hydrogen-bond donors (Lipinski definition) is 0. The summed E-state index contributed by atoms with van der Waals surface area (Å²) >= 11 is 0. The van der Waals surface area contributed by atoms with Crippen LogP contribution in [0.2, 0.25) is 0 Å². The summed E-state index contributed by atoms with van der Waals surface area (Å²) in [7, 11) is 0. The summed E-state index contributed by atoms with van der Waals surface area (Å²) in [6, 6.07) is 0. The fourth-order valence-corrected chi connectivity index (χ4v) is 1.00. The topological polar surface area (TPSA) is 12.9 Å². The van der Waals surface area contributed by atoms with Crippen molar-refractivity contribution in [2.75, 3.05) is 0 Å². The van der Waals surface area contributed by atoms with Gasteiger partial charge in [-0.3, -0.25) is 4.98 Å². The number of rotatable bonds is 1. The molecule has 0 saturated heterocycles. The molecule has 0 amide bonds. The SMILES string of the molecule is C=C/C=c1/cncc2c1=C2.CC.CC. The minimum Gasteiger partial charge on any atom is -0.263 e. The van der Waals surface area contributed by atoms with E-state index in [9.17, 15) is 0 Å². The molecular formula is C13H19N. The Kier molecular flexibility index (Phi) is 6.38. The highest BCUT2D eigenvalue weighted by Gasteiger charge is 2.03. The normalized spacial score (nSPS) is 10.7. The standard InChI is InChI=1S/C9H7N.2C2H6/c1-2-3-7-5-10-6-8-4-9(7)8;2*1-2/h2-6H,1H2;2*1-2H3/b7-3-;;. The average molecular weight is 189 g/mol. The first-order valence-corrected chi connectivity index (χ1v) is 5.20. The van der Waals surface area contributed by atoms with Gasteiger partial charge in [0.1, 0.15) is 0 Å². The second-order valence-electron chi connectivity index (χ2n) is 2.28. The lowest BCUT2D eigenvalue weighted by Gasteiger charge is -1.78. The highest BCUT2D eigenvalue weighted by atomic mass is 14.6. The van der Waals surface area contributed by atoms with Gasteiger partial charge in [-0.15, -0.1) is 0 Å². The molecule has 0 N–H and O–H groups in total. The van der Waals surface area contributed by atoms with Gasteiger partial charge in [0.25, 0.3) is 0 Å². The van der Waals surface area contributed by atoms with Crippen LogP contribution in [-0.4, -0.2) is 4.98 Å². The Morgan fingerprint density at radius 3 is 2.36 bits per heavy atom. The van der Waals surface area contributed by atoms with Crippen molar-refractivity contribution in [3.63, 3.8) is 0 Å². The van der Waals surface area contributed by atoms with Gasteiger partial charge in [0.15, 0.2) is 0 Å². The molecule has 0 bridgehead atoms. The van der Waals surface area contributed by atoms with Gasteiger partial charge in [-0.1, -0.05) is 46.4 Å². The van der Waals surface area contributed by atoms with Crippen molar-refractivity contribution in [3.05, 3.63) is 41.0 Å². The highest BCUT2D eigenvalue weighted by Crippen LogP contribution is 1.96. The lowest BCUT2D eigenvalue weighted by atomic mass is 10.4. The highest BCUT2D eigenvalue weighted by molar-refractivity contribution is 5.65. The Morgan fingerprint density at radius 2 is 1.79 bits per heavy atom. The van der Waals surface area contributed by atoms with E-state index in [0.29, 0.717) is 0 Å². The zero-order valence-electron chi connectivity index (χ0n) is 9.54. The summed E-state index contributed by atoms with van der Waals surface area (Å²) in [5.41, 5.74) is 1.26. The van der Waals surface area contributed by atoms with Gasteiger partial charge in [0.05, 0.1) is 0 Å². The van der Waals surface area contributed by atoms with Crippen LogP contribution in [0.5, 0.6) is 0 Å². The zero-order chi connectivity index (χ0) is 11.0. The van der Waals surface area contributed by atoms with E-state index in [1.165, 1.54) is 16.0 Å². The minimum absolute atomic E-state index is 1.17. The lowest BCUT2D eigenvalue weighted by Crippen LogP contribution is -2.16. The maximum absolute atomic E-state index is 4.04. The molecule has 0 radical (unpaired) electrons. The summed E-state index contributed by atoms with van der Waals surface area (Å²) < 4.78 is 0. The molecule has 0 fully saturated rings. The van der Waals surface area contributed by atoms with Crippen LogP contribution in [0.15, 0.2) is 25.0 Å². The summed E-state index contributed by atoms with van der Waals surface area (Å²) in [4.78, 5) is 4.04. The first kappa shape index (κ1) is 12.6.